The first-order valence-electron chi connectivity index (χ1n) is 11.0. The van der Waals surface area contributed by atoms with Gasteiger partial charge in [-0.25, -0.2) is 27.8 Å². The van der Waals surface area contributed by atoms with Gasteiger partial charge in [0.05, 0.1) is 17.6 Å². The highest BCUT2D eigenvalue weighted by molar-refractivity contribution is 7.99. The molecule has 10 heteroatoms. The zero-order valence-corrected chi connectivity index (χ0v) is 20.3. The highest BCUT2D eigenvalue weighted by Gasteiger charge is 2.30. The second-order valence-corrected chi connectivity index (χ2v) is 11.6. The Bertz CT molecular complexity index is 1400. The number of rotatable bonds is 6. The van der Waals surface area contributed by atoms with Gasteiger partial charge in [-0.05, 0) is 49.6 Å². The molecule has 34 heavy (non-hydrogen) atoms. The molecule has 0 amide bonds. The molecule has 0 bridgehead atoms. The van der Waals surface area contributed by atoms with Crippen LogP contribution in [0.4, 0.5) is 4.39 Å². The largest absolute Gasteiger partial charge is 0.299 e. The molecule has 1 saturated heterocycles. The standard InChI is InChI=1S/C24H24FN5O2S2/c1-17-2-8-21(9-3-17)34(31,32)29-12-10-20(11-13-29)33-24-28-22-14-26-16-27-23(22)30(24)15-18-4-6-19(25)7-5-18/h2-9,14,16,20H,10-13,15H2,1H3. The Hall–Kier alpha value is -2.82. The summed E-state index contributed by atoms with van der Waals surface area (Å²) in [6, 6.07) is 13.4. The molecule has 0 spiro atoms. The van der Waals surface area contributed by atoms with Crippen molar-refractivity contribution in [3.05, 3.63) is 78.0 Å². The maximum atomic E-state index is 13.4. The van der Waals surface area contributed by atoms with Crippen LogP contribution in [0.5, 0.6) is 0 Å². The normalized spacial score (nSPS) is 15.7. The predicted molar refractivity (Wildman–Crippen MR) is 130 cm³/mol. The molecule has 176 valence electrons. The lowest BCUT2D eigenvalue weighted by atomic mass is 10.2. The van der Waals surface area contributed by atoms with Gasteiger partial charge in [-0.15, -0.1) is 0 Å². The summed E-state index contributed by atoms with van der Waals surface area (Å²) < 4.78 is 43.0. The third-order valence-electron chi connectivity index (χ3n) is 5.96. The number of aromatic nitrogens is 4. The third-order valence-corrected chi connectivity index (χ3v) is 9.20. The number of nitrogens with zero attached hydrogens (tertiary/aromatic N) is 5. The Morgan fingerprint density at radius 2 is 1.76 bits per heavy atom. The van der Waals surface area contributed by atoms with E-state index in [1.165, 1.54) is 18.5 Å². The number of sulfonamides is 1. The number of hydrogen-bond acceptors (Lipinski definition) is 6. The number of aryl methyl sites for hydroxylation is 1. The van der Waals surface area contributed by atoms with E-state index in [4.69, 9.17) is 4.98 Å². The van der Waals surface area contributed by atoms with Gasteiger partial charge in [-0.1, -0.05) is 41.6 Å². The Labute approximate surface area is 202 Å². The van der Waals surface area contributed by atoms with Crippen molar-refractivity contribution in [2.45, 2.75) is 41.6 Å². The van der Waals surface area contributed by atoms with Crippen molar-refractivity contribution >= 4 is 32.9 Å². The van der Waals surface area contributed by atoms with Crippen molar-refractivity contribution in [3.63, 3.8) is 0 Å². The van der Waals surface area contributed by atoms with Gasteiger partial charge >= 0.3 is 0 Å². The average molecular weight is 498 g/mol. The summed E-state index contributed by atoms with van der Waals surface area (Å²) in [6.07, 6.45) is 4.63. The number of piperidine rings is 1. The molecule has 0 saturated carbocycles. The average Bonchev–Trinajstić information content (AvgIpc) is 3.18. The molecule has 7 nitrogen and oxygen atoms in total. The fraction of sp³-hybridized carbons (Fsp3) is 0.292. The fourth-order valence-corrected chi connectivity index (χ4v) is 6.70. The number of fused-ring (bicyclic) bond motifs is 1. The van der Waals surface area contributed by atoms with Crippen LogP contribution in [0.1, 0.15) is 24.0 Å². The SMILES string of the molecule is Cc1ccc(S(=O)(=O)N2CCC(Sc3nc4cncnc4n3Cc3ccc(F)cc3)CC2)cc1. The van der Waals surface area contributed by atoms with Gasteiger partial charge in [0.15, 0.2) is 10.8 Å². The summed E-state index contributed by atoms with van der Waals surface area (Å²) in [4.78, 5) is 13.6. The fourth-order valence-electron chi connectivity index (χ4n) is 4.06. The Kier molecular flexibility index (Phi) is 6.37. The van der Waals surface area contributed by atoms with Gasteiger partial charge in [0.25, 0.3) is 0 Å². The van der Waals surface area contributed by atoms with Crippen LogP contribution >= 0.6 is 11.8 Å². The molecule has 2 aromatic heterocycles. The molecule has 1 aliphatic rings. The molecule has 0 unspecified atom stereocenters. The van der Waals surface area contributed by atoms with Crippen LogP contribution < -0.4 is 0 Å². The van der Waals surface area contributed by atoms with Crippen molar-refractivity contribution in [2.24, 2.45) is 0 Å². The second kappa shape index (κ2) is 9.44. The van der Waals surface area contributed by atoms with E-state index in [9.17, 15) is 12.8 Å². The lowest BCUT2D eigenvalue weighted by molar-refractivity contribution is 0.352. The molecule has 4 aromatic rings. The Morgan fingerprint density at radius 3 is 2.47 bits per heavy atom. The topological polar surface area (TPSA) is 81.0 Å². The van der Waals surface area contributed by atoms with Crippen LogP contribution in [-0.4, -0.2) is 50.6 Å². The molecule has 0 radical (unpaired) electrons. The van der Waals surface area contributed by atoms with Crippen LogP contribution in [0.15, 0.2) is 71.1 Å². The zero-order chi connectivity index (χ0) is 23.7. The monoisotopic (exact) mass is 497 g/mol. The van der Waals surface area contributed by atoms with E-state index in [2.05, 4.69) is 9.97 Å². The van der Waals surface area contributed by atoms with Gasteiger partial charge in [-0.3, -0.25) is 4.57 Å². The highest BCUT2D eigenvalue weighted by atomic mass is 32.2. The predicted octanol–water partition coefficient (Wildman–Crippen LogP) is 4.27. The van der Waals surface area contributed by atoms with Gasteiger partial charge in [0, 0.05) is 18.3 Å². The van der Waals surface area contributed by atoms with Crippen molar-refractivity contribution in [3.8, 4) is 0 Å². The summed E-state index contributed by atoms with van der Waals surface area (Å²) in [6.45, 7) is 3.38. The van der Waals surface area contributed by atoms with Gasteiger partial charge < -0.3 is 0 Å². The summed E-state index contributed by atoms with van der Waals surface area (Å²) in [7, 11) is -3.49. The minimum atomic E-state index is -3.49. The first-order chi connectivity index (χ1) is 16.4. The smallest absolute Gasteiger partial charge is 0.243 e. The van der Waals surface area contributed by atoms with E-state index in [1.807, 2.05) is 23.6 Å². The Balaban J connectivity index is 1.32. The van der Waals surface area contributed by atoms with Crippen LogP contribution in [0, 0.1) is 12.7 Å². The van der Waals surface area contributed by atoms with E-state index in [-0.39, 0.29) is 11.1 Å². The van der Waals surface area contributed by atoms with Crippen LogP contribution in [-0.2, 0) is 16.6 Å². The molecule has 0 atom stereocenters. The molecule has 2 aromatic carbocycles. The van der Waals surface area contributed by atoms with Gasteiger partial charge in [-0.2, -0.15) is 4.31 Å². The van der Waals surface area contributed by atoms with Crippen molar-refractivity contribution in [1.29, 1.82) is 0 Å². The number of benzene rings is 2. The van der Waals surface area contributed by atoms with Gasteiger partial charge in [0.1, 0.15) is 17.7 Å². The lowest BCUT2D eigenvalue weighted by Crippen LogP contribution is -2.39. The summed E-state index contributed by atoms with van der Waals surface area (Å²) in [5, 5.41) is 1.03. The number of hydrogen-bond donors (Lipinski definition) is 0. The van der Waals surface area contributed by atoms with Crippen LogP contribution in [0.2, 0.25) is 0 Å². The van der Waals surface area contributed by atoms with Crippen LogP contribution in [0.3, 0.4) is 0 Å². The van der Waals surface area contributed by atoms with Gasteiger partial charge in [0.2, 0.25) is 10.0 Å². The second-order valence-electron chi connectivity index (χ2n) is 8.37. The summed E-state index contributed by atoms with van der Waals surface area (Å²) >= 11 is 1.64. The highest BCUT2D eigenvalue weighted by Crippen LogP contribution is 2.33. The van der Waals surface area contributed by atoms with E-state index in [0.29, 0.717) is 30.0 Å². The minimum Gasteiger partial charge on any atom is -0.299 e. The number of thioether (sulfide) groups is 1. The van der Waals surface area contributed by atoms with Crippen molar-refractivity contribution < 1.29 is 12.8 Å². The van der Waals surface area contributed by atoms with E-state index >= 15 is 0 Å². The molecule has 1 fully saturated rings. The molecular formula is C24H24FN5O2S2. The summed E-state index contributed by atoms with van der Waals surface area (Å²) in [5.41, 5.74) is 3.40. The molecule has 1 aliphatic heterocycles. The molecule has 5 rings (SSSR count). The van der Waals surface area contributed by atoms with Crippen molar-refractivity contribution in [1.82, 2.24) is 23.8 Å². The van der Waals surface area contributed by atoms with Crippen LogP contribution in [0.25, 0.3) is 11.2 Å². The number of halogens is 1. The van der Waals surface area contributed by atoms with E-state index in [0.717, 1.165) is 34.8 Å². The minimum absolute atomic E-state index is 0.223. The molecule has 0 aliphatic carbocycles. The molecule has 0 N–H and O–H groups in total. The lowest BCUT2D eigenvalue weighted by Gasteiger charge is -2.30. The van der Waals surface area contributed by atoms with E-state index in [1.54, 1.807) is 46.5 Å². The quantitative estimate of drug-likeness (QED) is 0.396. The summed E-state index contributed by atoms with van der Waals surface area (Å²) in [5.74, 6) is -0.275. The molecular weight excluding hydrogens is 473 g/mol. The Morgan fingerprint density at radius 1 is 1.06 bits per heavy atom. The third kappa shape index (κ3) is 4.70. The van der Waals surface area contributed by atoms with E-state index < -0.39 is 10.0 Å². The number of imidazole rings is 1. The maximum absolute atomic E-state index is 13.4. The van der Waals surface area contributed by atoms with Crippen molar-refractivity contribution in [2.75, 3.05) is 13.1 Å². The molecule has 3 heterocycles. The zero-order valence-electron chi connectivity index (χ0n) is 18.6. The first kappa shape index (κ1) is 22.9. The maximum Gasteiger partial charge on any atom is 0.243 e. The first-order valence-corrected chi connectivity index (χ1v) is 13.4.